The lowest BCUT2D eigenvalue weighted by atomic mass is 9.92. The Morgan fingerprint density at radius 1 is 1.21 bits per heavy atom. The lowest BCUT2D eigenvalue weighted by molar-refractivity contribution is -0.00802. The van der Waals surface area contributed by atoms with Gasteiger partial charge in [0.25, 0.3) is 5.91 Å². The minimum atomic E-state index is -0.419. The van der Waals surface area contributed by atoms with Crippen molar-refractivity contribution in [1.29, 1.82) is 5.26 Å². The van der Waals surface area contributed by atoms with Crippen molar-refractivity contribution < 1.29 is 4.79 Å². The molecule has 1 saturated heterocycles. The van der Waals surface area contributed by atoms with E-state index < -0.39 is 6.04 Å². The molecule has 0 unspecified atom stereocenters. The Morgan fingerprint density at radius 3 is 2.75 bits per heavy atom. The van der Waals surface area contributed by atoms with E-state index in [0.717, 1.165) is 17.4 Å². The number of rotatable bonds is 1. The van der Waals surface area contributed by atoms with Crippen LogP contribution in [-0.2, 0) is 6.42 Å². The Labute approximate surface area is 149 Å². The molecule has 120 valence electrons. The molecule has 0 spiro atoms. The van der Waals surface area contributed by atoms with Crippen LogP contribution in [0.4, 0.5) is 0 Å². The van der Waals surface area contributed by atoms with Crippen molar-refractivity contribution in [3.63, 3.8) is 0 Å². The first kappa shape index (κ1) is 15.4. The summed E-state index contributed by atoms with van der Waals surface area (Å²) >= 11 is 3.52. The smallest absolute Gasteiger partial charge is 0.268 e. The molecule has 4 rings (SSSR count). The lowest BCUT2D eigenvalue weighted by Gasteiger charge is -2.37. The molecule has 5 heteroatoms. The summed E-state index contributed by atoms with van der Waals surface area (Å²) in [7, 11) is 0. The highest BCUT2D eigenvalue weighted by atomic mass is 79.9. The van der Waals surface area contributed by atoms with Crippen LogP contribution in [0.1, 0.15) is 33.9 Å². The van der Waals surface area contributed by atoms with Gasteiger partial charge in [-0.1, -0.05) is 40.2 Å². The fourth-order valence-electron chi connectivity index (χ4n) is 3.74. The van der Waals surface area contributed by atoms with Gasteiger partial charge in [-0.2, -0.15) is 5.26 Å². The molecule has 2 heterocycles. The van der Waals surface area contributed by atoms with Gasteiger partial charge in [-0.25, -0.2) is 5.01 Å². The van der Waals surface area contributed by atoms with Crippen LogP contribution in [-0.4, -0.2) is 28.5 Å². The van der Waals surface area contributed by atoms with Gasteiger partial charge in [0, 0.05) is 23.0 Å². The summed E-state index contributed by atoms with van der Waals surface area (Å²) in [5.74, 6) is -0.0924. The van der Waals surface area contributed by atoms with Crippen LogP contribution < -0.4 is 0 Å². The molecule has 0 radical (unpaired) electrons. The molecule has 0 bridgehead atoms. The minimum absolute atomic E-state index is 0.0924. The number of benzene rings is 2. The Morgan fingerprint density at radius 2 is 2.00 bits per heavy atom. The second kappa shape index (κ2) is 6.04. The van der Waals surface area contributed by atoms with Crippen molar-refractivity contribution in [2.45, 2.75) is 24.9 Å². The number of carbonyl (C=O) groups excluding carboxylic acids is 1. The van der Waals surface area contributed by atoms with Crippen molar-refractivity contribution in [3.05, 3.63) is 69.7 Å². The lowest BCUT2D eigenvalue weighted by Crippen LogP contribution is -2.47. The Bertz CT molecular complexity index is 830. The van der Waals surface area contributed by atoms with Crippen LogP contribution in [0.3, 0.4) is 0 Å². The number of hydrogen-bond acceptors (Lipinski definition) is 3. The van der Waals surface area contributed by atoms with E-state index >= 15 is 0 Å². The average Bonchev–Trinajstić information content (AvgIpc) is 3.00. The summed E-state index contributed by atoms with van der Waals surface area (Å²) in [5.41, 5.74) is 3.16. The maximum absolute atomic E-state index is 13.0. The number of amides is 1. The maximum Gasteiger partial charge on any atom is 0.269 e. The molecule has 2 aromatic carbocycles. The quantitative estimate of drug-likeness (QED) is 0.756. The van der Waals surface area contributed by atoms with E-state index in [1.165, 1.54) is 11.1 Å². The van der Waals surface area contributed by atoms with Crippen LogP contribution in [0.2, 0.25) is 0 Å². The van der Waals surface area contributed by atoms with Gasteiger partial charge in [-0.15, -0.1) is 0 Å². The van der Waals surface area contributed by atoms with Gasteiger partial charge in [0.05, 0.1) is 12.1 Å². The molecule has 1 fully saturated rings. The third-order valence-corrected chi connectivity index (χ3v) is 5.32. The molecular formula is C19H16BrN3O. The molecule has 2 aliphatic rings. The normalized spacial score (nSPS) is 22.6. The summed E-state index contributed by atoms with van der Waals surface area (Å²) in [5, 5.41) is 13.3. The Kier molecular flexibility index (Phi) is 3.87. The van der Waals surface area contributed by atoms with Crippen molar-refractivity contribution in [1.82, 2.24) is 10.0 Å². The predicted molar refractivity (Wildman–Crippen MR) is 93.9 cm³/mol. The average molecular weight is 382 g/mol. The van der Waals surface area contributed by atoms with Crippen LogP contribution in [0.15, 0.2) is 53.0 Å². The first-order valence-electron chi connectivity index (χ1n) is 8.02. The van der Waals surface area contributed by atoms with Crippen LogP contribution >= 0.6 is 15.9 Å². The summed E-state index contributed by atoms with van der Waals surface area (Å²) < 4.78 is 1.07. The zero-order valence-corrected chi connectivity index (χ0v) is 14.6. The van der Waals surface area contributed by atoms with Gasteiger partial charge < -0.3 is 0 Å². The fourth-order valence-corrected chi connectivity index (χ4v) is 4.15. The van der Waals surface area contributed by atoms with Gasteiger partial charge >= 0.3 is 0 Å². The highest BCUT2D eigenvalue weighted by Gasteiger charge is 2.45. The minimum Gasteiger partial charge on any atom is -0.268 e. The number of fused-ring (bicyclic) bond motifs is 3. The van der Waals surface area contributed by atoms with Gasteiger partial charge in [0.15, 0.2) is 0 Å². The number of hydrogen-bond donors (Lipinski definition) is 0. The van der Waals surface area contributed by atoms with E-state index in [9.17, 15) is 10.1 Å². The summed E-state index contributed by atoms with van der Waals surface area (Å²) in [4.78, 5) is 13.0. The monoisotopic (exact) mass is 381 g/mol. The molecule has 0 aromatic heterocycles. The second-order valence-corrected chi connectivity index (χ2v) is 7.08. The van der Waals surface area contributed by atoms with E-state index in [2.05, 4.69) is 39.1 Å². The molecule has 4 nitrogen and oxygen atoms in total. The fraction of sp³-hybridized carbons (Fsp3) is 0.263. The van der Waals surface area contributed by atoms with Crippen molar-refractivity contribution in [3.8, 4) is 6.07 Å². The summed E-state index contributed by atoms with van der Waals surface area (Å²) in [6, 6.07) is 17.5. The van der Waals surface area contributed by atoms with Crippen molar-refractivity contribution in [2.75, 3.05) is 6.54 Å². The number of nitrogens with zero attached hydrogens (tertiary/aromatic N) is 3. The molecule has 24 heavy (non-hydrogen) atoms. The summed E-state index contributed by atoms with van der Waals surface area (Å²) in [6.07, 6.45) is 1.53. The zero-order chi connectivity index (χ0) is 16.7. The third kappa shape index (κ3) is 2.43. The van der Waals surface area contributed by atoms with Crippen molar-refractivity contribution in [2.24, 2.45) is 0 Å². The number of halogens is 1. The van der Waals surface area contributed by atoms with Gasteiger partial charge in [-0.3, -0.25) is 9.80 Å². The molecule has 2 aromatic rings. The second-order valence-electron chi connectivity index (χ2n) is 6.17. The number of hydrazine groups is 1. The number of carbonyl (C=O) groups is 1. The van der Waals surface area contributed by atoms with E-state index in [1.807, 2.05) is 24.3 Å². The molecule has 0 aliphatic carbocycles. The molecular weight excluding hydrogens is 366 g/mol. The van der Waals surface area contributed by atoms with Gasteiger partial charge in [0.2, 0.25) is 0 Å². The highest BCUT2D eigenvalue weighted by molar-refractivity contribution is 9.10. The van der Waals surface area contributed by atoms with Crippen LogP contribution in [0, 0.1) is 11.3 Å². The third-order valence-electron chi connectivity index (χ3n) is 4.83. The zero-order valence-electron chi connectivity index (χ0n) is 13.0. The van der Waals surface area contributed by atoms with Crippen LogP contribution in [0.25, 0.3) is 0 Å². The van der Waals surface area contributed by atoms with Crippen LogP contribution in [0.5, 0.6) is 0 Å². The molecule has 0 N–H and O–H groups in total. The summed E-state index contributed by atoms with van der Waals surface area (Å²) in [6.45, 7) is 0.755. The molecule has 0 saturated carbocycles. The maximum atomic E-state index is 13.0. The van der Waals surface area contributed by atoms with Gasteiger partial charge in [0.1, 0.15) is 6.04 Å². The first-order chi connectivity index (χ1) is 11.7. The molecule has 1 amide bonds. The Balaban J connectivity index is 1.71. The largest absolute Gasteiger partial charge is 0.269 e. The molecule has 2 atom stereocenters. The van der Waals surface area contributed by atoms with Crippen molar-refractivity contribution >= 4 is 21.8 Å². The van der Waals surface area contributed by atoms with E-state index in [1.54, 1.807) is 17.1 Å². The number of nitriles is 1. The highest BCUT2D eigenvalue weighted by Crippen LogP contribution is 2.42. The first-order valence-corrected chi connectivity index (χ1v) is 8.81. The molecule has 2 aliphatic heterocycles. The topological polar surface area (TPSA) is 47.3 Å². The predicted octanol–water partition coefficient (Wildman–Crippen LogP) is 3.70. The van der Waals surface area contributed by atoms with E-state index in [-0.39, 0.29) is 11.9 Å². The SMILES string of the molecule is N#C[C@H]1C[C@@H]2c3ccc(Br)cc3CCN2N1C(=O)c1ccccc1. The van der Waals surface area contributed by atoms with Gasteiger partial charge in [-0.05, 0) is 41.8 Å². The standard InChI is InChI=1S/C19H16BrN3O/c20-15-6-7-17-14(10-15)8-9-22-18(17)11-16(12-21)23(22)19(24)13-4-2-1-3-5-13/h1-7,10,16,18H,8-9,11H2/t16-,18-/m1/s1. The Hall–Kier alpha value is -2.16. The van der Waals surface area contributed by atoms with E-state index in [0.29, 0.717) is 12.0 Å². The van der Waals surface area contributed by atoms with E-state index in [4.69, 9.17) is 0 Å².